The summed E-state index contributed by atoms with van der Waals surface area (Å²) in [5.74, 6) is 0. The molecule has 0 saturated carbocycles. The third kappa shape index (κ3) is 0.971. The van der Waals surface area contributed by atoms with Crippen molar-refractivity contribution in [3.05, 3.63) is 0 Å². The molecule has 8 heavy (non-hydrogen) atoms. The Labute approximate surface area is 48.1 Å². The first-order valence-corrected chi connectivity index (χ1v) is 2.63. The van der Waals surface area contributed by atoms with Crippen molar-refractivity contribution in [2.24, 2.45) is 0 Å². The zero-order valence-electron chi connectivity index (χ0n) is 4.54. The van der Waals surface area contributed by atoms with E-state index in [1.807, 2.05) is 4.90 Å². The van der Waals surface area contributed by atoms with E-state index in [2.05, 4.69) is 6.07 Å². The van der Waals surface area contributed by atoms with Gasteiger partial charge >= 0.3 is 0 Å². The second-order valence-corrected chi connectivity index (χ2v) is 1.86. The molecule has 0 amide bonds. The molecule has 3 nitrogen and oxygen atoms in total. The van der Waals surface area contributed by atoms with Crippen LogP contribution in [-0.4, -0.2) is 35.7 Å². The van der Waals surface area contributed by atoms with Crippen LogP contribution in [-0.2, 0) is 0 Å². The average Bonchev–Trinajstić information content (AvgIpc) is 2.48. The summed E-state index contributed by atoms with van der Waals surface area (Å²) in [7, 11) is 0. The summed E-state index contributed by atoms with van der Waals surface area (Å²) in [6, 6.07) is 2.19. The monoisotopic (exact) mass is 112 g/mol. The van der Waals surface area contributed by atoms with Crippen LogP contribution < -0.4 is 0 Å². The van der Waals surface area contributed by atoms with Gasteiger partial charge in [-0.05, 0) is 0 Å². The Hall–Kier alpha value is -0.590. The molecule has 0 aromatic carbocycles. The zero-order valence-corrected chi connectivity index (χ0v) is 4.54. The van der Waals surface area contributed by atoms with Gasteiger partial charge in [0.1, 0.15) is 6.04 Å². The van der Waals surface area contributed by atoms with E-state index in [9.17, 15) is 0 Å². The van der Waals surface area contributed by atoms with Gasteiger partial charge in [-0.15, -0.1) is 0 Å². The molecule has 2 atom stereocenters. The third-order valence-corrected chi connectivity index (χ3v) is 1.25. The normalized spacial score (nSPS) is 34.0. The molecule has 2 unspecified atom stereocenters. The van der Waals surface area contributed by atoms with Gasteiger partial charge in [-0.1, -0.05) is 0 Å². The minimum absolute atomic E-state index is 0.0992. The largest absolute Gasteiger partial charge is 0.395 e. The lowest BCUT2D eigenvalue weighted by Gasteiger charge is -1.91. The molecule has 1 N–H and O–H groups in total. The maximum Gasteiger partial charge on any atom is 0.111 e. The molecule has 0 aromatic rings. The Morgan fingerprint density at radius 3 is 3.00 bits per heavy atom. The van der Waals surface area contributed by atoms with Gasteiger partial charge in [0, 0.05) is 13.1 Å². The first-order chi connectivity index (χ1) is 3.88. The minimum Gasteiger partial charge on any atom is -0.395 e. The molecular formula is C5H8N2O. The van der Waals surface area contributed by atoms with Crippen LogP contribution in [0.25, 0.3) is 0 Å². The van der Waals surface area contributed by atoms with Crippen molar-refractivity contribution < 1.29 is 5.11 Å². The summed E-state index contributed by atoms with van der Waals surface area (Å²) in [5.41, 5.74) is 0. The van der Waals surface area contributed by atoms with Crippen LogP contribution in [0.3, 0.4) is 0 Å². The molecule has 1 aliphatic rings. The highest BCUT2D eigenvalue weighted by Crippen LogP contribution is 2.13. The van der Waals surface area contributed by atoms with Gasteiger partial charge in [0.05, 0.1) is 12.7 Å². The summed E-state index contributed by atoms with van der Waals surface area (Å²) in [6.45, 7) is 1.66. The van der Waals surface area contributed by atoms with Crippen molar-refractivity contribution in [3.8, 4) is 6.07 Å². The van der Waals surface area contributed by atoms with Crippen LogP contribution in [0.1, 0.15) is 0 Å². The smallest absolute Gasteiger partial charge is 0.111 e. The van der Waals surface area contributed by atoms with Crippen LogP contribution in [0.2, 0.25) is 0 Å². The molecule has 0 spiro atoms. The summed E-state index contributed by atoms with van der Waals surface area (Å²) >= 11 is 0. The van der Waals surface area contributed by atoms with Gasteiger partial charge in [-0.25, -0.2) is 0 Å². The van der Waals surface area contributed by atoms with Crippen LogP contribution in [0.5, 0.6) is 0 Å². The lowest BCUT2D eigenvalue weighted by Crippen LogP contribution is -2.06. The van der Waals surface area contributed by atoms with E-state index < -0.39 is 0 Å². The highest BCUT2D eigenvalue weighted by molar-refractivity contribution is 5.05. The number of aliphatic hydroxyl groups excluding tert-OH is 1. The second-order valence-electron chi connectivity index (χ2n) is 1.86. The molecule has 1 saturated heterocycles. The third-order valence-electron chi connectivity index (χ3n) is 1.25. The van der Waals surface area contributed by atoms with E-state index in [4.69, 9.17) is 10.4 Å². The lowest BCUT2D eigenvalue weighted by atomic mass is 10.5. The first-order valence-electron chi connectivity index (χ1n) is 2.63. The predicted octanol–water partition coefficient (Wildman–Crippen LogP) is -0.814. The Morgan fingerprint density at radius 2 is 2.62 bits per heavy atom. The fraction of sp³-hybridized carbons (Fsp3) is 0.800. The Morgan fingerprint density at radius 1 is 1.88 bits per heavy atom. The number of hydrogen-bond acceptors (Lipinski definition) is 3. The molecule has 0 aliphatic carbocycles. The van der Waals surface area contributed by atoms with Crippen LogP contribution in [0.4, 0.5) is 0 Å². The maximum atomic E-state index is 8.34. The fourth-order valence-electron chi connectivity index (χ4n) is 0.673. The van der Waals surface area contributed by atoms with Crippen LogP contribution in [0.15, 0.2) is 0 Å². The quantitative estimate of drug-likeness (QED) is 0.475. The van der Waals surface area contributed by atoms with Crippen LogP contribution >= 0.6 is 0 Å². The van der Waals surface area contributed by atoms with E-state index in [0.717, 1.165) is 6.54 Å². The molecule has 44 valence electrons. The molecule has 1 rings (SSSR count). The van der Waals surface area contributed by atoms with Crippen LogP contribution in [0, 0.1) is 11.3 Å². The Bertz CT molecular complexity index is 118. The number of β-amino-alcohol motifs (C(OH)–C–C–N with tert-alkyl or cyclic N) is 1. The number of hydrogen-bond donors (Lipinski definition) is 1. The number of nitriles is 1. The minimum atomic E-state index is 0.0992. The first kappa shape index (κ1) is 5.54. The highest BCUT2D eigenvalue weighted by atomic mass is 16.3. The topological polar surface area (TPSA) is 47.0 Å². The second kappa shape index (κ2) is 2.12. The zero-order chi connectivity index (χ0) is 5.98. The average molecular weight is 112 g/mol. The Balaban J connectivity index is 2.10. The van der Waals surface area contributed by atoms with E-state index >= 15 is 0 Å². The summed E-state index contributed by atoms with van der Waals surface area (Å²) < 4.78 is 0. The van der Waals surface area contributed by atoms with Crippen molar-refractivity contribution in [3.63, 3.8) is 0 Å². The summed E-state index contributed by atoms with van der Waals surface area (Å²) in [6.07, 6.45) is 0. The van der Waals surface area contributed by atoms with Gasteiger partial charge < -0.3 is 5.11 Å². The molecule has 1 heterocycles. The molecule has 0 aromatic heterocycles. The number of rotatable bonds is 2. The molecule has 0 radical (unpaired) electrons. The lowest BCUT2D eigenvalue weighted by molar-refractivity contribution is 0.268. The standard InChI is InChI=1S/C5H8N2O/c6-3-5-4-7(5)1-2-8/h5,8H,1-2,4H2. The van der Waals surface area contributed by atoms with Crippen molar-refractivity contribution in [2.45, 2.75) is 6.04 Å². The molecule has 1 aliphatic heterocycles. The molecule has 3 heteroatoms. The van der Waals surface area contributed by atoms with Gasteiger partial charge in [-0.2, -0.15) is 5.26 Å². The summed E-state index contributed by atoms with van der Waals surface area (Å²) in [4.78, 5) is 1.92. The SMILES string of the molecule is N#CC1CN1CCO. The predicted molar refractivity (Wildman–Crippen MR) is 28.1 cm³/mol. The maximum absolute atomic E-state index is 8.34. The van der Waals surface area contributed by atoms with Crippen molar-refractivity contribution >= 4 is 0 Å². The van der Waals surface area contributed by atoms with E-state index in [-0.39, 0.29) is 12.6 Å². The molecule has 1 fully saturated rings. The van der Waals surface area contributed by atoms with Crippen molar-refractivity contribution in [2.75, 3.05) is 19.7 Å². The Kier molecular flexibility index (Phi) is 1.47. The number of aliphatic hydroxyl groups is 1. The van der Waals surface area contributed by atoms with Crippen molar-refractivity contribution in [1.82, 2.24) is 4.90 Å². The molecule has 0 bridgehead atoms. The van der Waals surface area contributed by atoms with Gasteiger partial charge in [0.15, 0.2) is 0 Å². The van der Waals surface area contributed by atoms with E-state index in [1.54, 1.807) is 0 Å². The van der Waals surface area contributed by atoms with Gasteiger partial charge in [0.2, 0.25) is 0 Å². The highest BCUT2D eigenvalue weighted by Gasteiger charge is 2.32. The van der Waals surface area contributed by atoms with Gasteiger partial charge in [-0.3, -0.25) is 4.90 Å². The van der Waals surface area contributed by atoms with Crippen molar-refractivity contribution in [1.29, 1.82) is 5.26 Å². The molecular weight excluding hydrogens is 104 g/mol. The van der Waals surface area contributed by atoms with E-state index in [0.29, 0.717) is 6.54 Å². The van der Waals surface area contributed by atoms with E-state index in [1.165, 1.54) is 0 Å². The summed E-state index contributed by atoms with van der Waals surface area (Å²) in [5, 5.41) is 16.6. The van der Waals surface area contributed by atoms with Gasteiger partial charge in [0.25, 0.3) is 0 Å². The number of nitrogens with zero attached hydrogens (tertiary/aromatic N) is 2. The fourth-order valence-corrected chi connectivity index (χ4v) is 0.673.